The maximum atomic E-state index is 13.2. The number of amides is 1. The molecule has 0 spiro atoms. The Kier molecular flexibility index (Phi) is 5.57. The van der Waals surface area contributed by atoms with E-state index in [0.717, 1.165) is 11.4 Å². The van der Waals surface area contributed by atoms with Crippen molar-refractivity contribution >= 4 is 22.6 Å². The lowest BCUT2D eigenvalue weighted by atomic mass is 10.2. The average Bonchev–Trinajstić information content (AvgIpc) is 2.78. The number of rotatable bonds is 6. The quantitative estimate of drug-likeness (QED) is 0.533. The second kappa shape index (κ2) is 8.61. The second-order valence-electron chi connectivity index (χ2n) is 6.80. The molecule has 4 rings (SSSR count). The number of aryl methyl sites for hydroxylation is 1. The van der Waals surface area contributed by atoms with Gasteiger partial charge < -0.3 is 10.1 Å². The van der Waals surface area contributed by atoms with Crippen molar-refractivity contribution in [3.8, 4) is 11.4 Å². The smallest absolute Gasteiger partial charge is 0.277 e. The van der Waals surface area contributed by atoms with E-state index in [4.69, 9.17) is 4.74 Å². The van der Waals surface area contributed by atoms with Gasteiger partial charge in [-0.15, -0.1) is 0 Å². The van der Waals surface area contributed by atoms with Crippen LogP contribution in [0.5, 0.6) is 5.75 Å². The van der Waals surface area contributed by atoms with Gasteiger partial charge >= 0.3 is 0 Å². The minimum absolute atomic E-state index is 0.161. The molecule has 0 atom stereocenters. The van der Waals surface area contributed by atoms with Gasteiger partial charge in [-0.25, -0.2) is 4.98 Å². The van der Waals surface area contributed by atoms with Gasteiger partial charge in [0, 0.05) is 24.2 Å². The normalized spacial score (nSPS) is 10.7. The lowest BCUT2D eigenvalue weighted by molar-refractivity contribution is -0.116. The molecule has 1 heterocycles. The van der Waals surface area contributed by atoms with E-state index in [9.17, 15) is 9.59 Å². The highest BCUT2D eigenvalue weighted by Crippen LogP contribution is 2.19. The van der Waals surface area contributed by atoms with Crippen LogP contribution in [0.2, 0.25) is 0 Å². The monoisotopic (exact) mass is 399 g/mol. The first kappa shape index (κ1) is 19.4. The predicted molar refractivity (Wildman–Crippen MR) is 117 cm³/mol. The summed E-state index contributed by atoms with van der Waals surface area (Å²) in [5.41, 5.74) is 2.98. The molecule has 6 nitrogen and oxygen atoms in total. The first-order valence-electron chi connectivity index (χ1n) is 9.66. The minimum atomic E-state index is -0.230. The van der Waals surface area contributed by atoms with Crippen molar-refractivity contribution in [1.82, 2.24) is 9.55 Å². The van der Waals surface area contributed by atoms with E-state index in [1.165, 1.54) is 0 Å². The van der Waals surface area contributed by atoms with Crippen LogP contribution in [0, 0.1) is 0 Å². The van der Waals surface area contributed by atoms with Gasteiger partial charge in [0.05, 0.1) is 18.1 Å². The van der Waals surface area contributed by atoms with Crippen LogP contribution < -0.4 is 15.6 Å². The molecular weight excluding hydrogens is 378 g/mol. The molecule has 0 radical (unpaired) electrons. The molecular formula is C24H21N3O3. The molecule has 0 saturated heterocycles. The third-order valence-corrected chi connectivity index (χ3v) is 4.81. The second-order valence-corrected chi connectivity index (χ2v) is 6.80. The maximum absolute atomic E-state index is 13.2. The summed E-state index contributed by atoms with van der Waals surface area (Å²) in [5.74, 6) is 0.550. The van der Waals surface area contributed by atoms with Crippen molar-refractivity contribution in [2.24, 2.45) is 0 Å². The number of hydrogen-bond donors (Lipinski definition) is 1. The van der Waals surface area contributed by atoms with Gasteiger partial charge in [0.15, 0.2) is 0 Å². The number of anilines is 1. The van der Waals surface area contributed by atoms with Crippen LogP contribution in [0.3, 0.4) is 0 Å². The number of para-hydroxylation sites is 3. The van der Waals surface area contributed by atoms with Crippen LogP contribution in [0.25, 0.3) is 16.7 Å². The standard InChI is InChI=1S/C24H21N3O3/c1-30-19-13-11-18(12-14-19)27-22-10-6-5-9-20(22)26-21(24(27)29)15-16-23(28)25-17-7-3-2-4-8-17/h2-14H,15-16H2,1H3,(H,25,28). The molecule has 1 N–H and O–H groups in total. The number of hydrogen-bond acceptors (Lipinski definition) is 4. The van der Waals surface area contributed by atoms with Crippen molar-refractivity contribution in [2.45, 2.75) is 12.8 Å². The Morgan fingerprint density at radius 3 is 2.40 bits per heavy atom. The van der Waals surface area contributed by atoms with Crippen molar-refractivity contribution in [2.75, 3.05) is 12.4 Å². The SMILES string of the molecule is COc1ccc(-n2c(=O)c(CCC(=O)Nc3ccccc3)nc3ccccc32)cc1. The van der Waals surface area contributed by atoms with E-state index in [-0.39, 0.29) is 24.3 Å². The summed E-state index contributed by atoms with van der Waals surface area (Å²) in [6.07, 6.45) is 0.413. The molecule has 4 aromatic rings. The molecule has 1 aromatic heterocycles. The molecule has 0 bridgehead atoms. The Balaban J connectivity index is 1.66. The highest BCUT2D eigenvalue weighted by atomic mass is 16.5. The summed E-state index contributed by atoms with van der Waals surface area (Å²) in [4.78, 5) is 30.1. The maximum Gasteiger partial charge on any atom is 0.277 e. The summed E-state index contributed by atoms with van der Waals surface area (Å²) < 4.78 is 6.85. The first-order valence-corrected chi connectivity index (χ1v) is 9.66. The Bertz CT molecular complexity index is 1230. The van der Waals surface area contributed by atoms with Crippen molar-refractivity contribution in [1.29, 1.82) is 0 Å². The number of ether oxygens (including phenoxy) is 1. The van der Waals surface area contributed by atoms with E-state index < -0.39 is 0 Å². The van der Waals surface area contributed by atoms with Gasteiger partial charge in [0.25, 0.3) is 5.56 Å². The molecule has 0 saturated carbocycles. The van der Waals surface area contributed by atoms with Crippen molar-refractivity contribution in [3.05, 3.63) is 94.9 Å². The summed E-state index contributed by atoms with van der Waals surface area (Å²) in [5, 5.41) is 2.84. The Morgan fingerprint density at radius 2 is 1.67 bits per heavy atom. The number of aromatic nitrogens is 2. The highest BCUT2D eigenvalue weighted by molar-refractivity contribution is 5.90. The predicted octanol–water partition coefficient (Wildman–Crippen LogP) is 3.97. The number of carbonyl (C=O) groups is 1. The van der Waals surface area contributed by atoms with E-state index in [1.54, 1.807) is 11.7 Å². The number of fused-ring (bicyclic) bond motifs is 1. The largest absolute Gasteiger partial charge is 0.497 e. The molecule has 0 aliphatic carbocycles. The zero-order valence-corrected chi connectivity index (χ0v) is 16.5. The van der Waals surface area contributed by atoms with E-state index in [1.807, 2.05) is 78.9 Å². The summed E-state index contributed by atoms with van der Waals surface area (Å²) in [6, 6.07) is 24.0. The Hall–Kier alpha value is -3.93. The van der Waals surface area contributed by atoms with Gasteiger partial charge in [0.2, 0.25) is 5.91 Å². The third kappa shape index (κ3) is 4.07. The molecule has 6 heteroatoms. The van der Waals surface area contributed by atoms with Gasteiger partial charge in [-0.3, -0.25) is 14.2 Å². The number of nitrogens with one attached hydrogen (secondary N) is 1. The van der Waals surface area contributed by atoms with E-state index in [2.05, 4.69) is 10.3 Å². The van der Waals surface area contributed by atoms with Gasteiger partial charge in [-0.1, -0.05) is 30.3 Å². The first-order chi connectivity index (χ1) is 14.7. The summed E-state index contributed by atoms with van der Waals surface area (Å²) in [7, 11) is 1.60. The molecule has 0 fully saturated rings. The van der Waals surface area contributed by atoms with E-state index in [0.29, 0.717) is 22.5 Å². The van der Waals surface area contributed by atoms with Crippen molar-refractivity contribution < 1.29 is 9.53 Å². The third-order valence-electron chi connectivity index (χ3n) is 4.81. The number of nitrogens with zero attached hydrogens (tertiary/aromatic N) is 2. The lowest BCUT2D eigenvalue weighted by Crippen LogP contribution is -2.25. The van der Waals surface area contributed by atoms with E-state index >= 15 is 0 Å². The Morgan fingerprint density at radius 1 is 0.967 bits per heavy atom. The number of carbonyl (C=O) groups excluding carboxylic acids is 1. The fourth-order valence-corrected chi connectivity index (χ4v) is 3.31. The molecule has 1 amide bonds. The number of benzene rings is 3. The van der Waals surface area contributed by atoms with Gasteiger partial charge in [-0.05, 0) is 48.5 Å². The number of methoxy groups -OCH3 is 1. The Labute approximate surface area is 173 Å². The zero-order valence-electron chi connectivity index (χ0n) is 16.5. The van der Waals surface area contributed by atoms with Crippen LogP contribution in [0.15, 0.2) is 83.7 Å². The van der Waals surface area contributed by atoms with Crippen LogP contribution in [0.4, 0.5) is 5.69 Å². The molecule has 0 aliphatic heterocycles. The fourth-order valence-electron chi connectivity index (χ4n) is 3.31. The van der Waals surface area contributed by atoms with Crippen LogP contribution in [0.1, 0.15) is 12.1 Å². The van der Waals surface area contributed by atoms with Gasteiger partial charge in [-0.2, -0.15) is 0 Å². The van der Waals surface area contributed by atoms with Crippen LogP contribution >= 0.6 is 0 Å². The minimum Gasteiger partial charge on any atom is -0.497 e. The summed E-state index contributed by atoms with van der Waals surface area (Å²) in [6.45, 7) is 0. The van der Waals surface area contributed by atoms with Crippen molar-refractivity contribution in [3.63, 3.8) is 0 Å². The lowest BCUT2D eigenvalue weighted by Gasteiger charge is -2.13. The average molecular weight is 399 g/mol. The summed E-state index contributed by atoms with van der Waals surface area (Å²) >= 11 is 0. The van der Waals surface area contributed by atoms with Crippen LogP contribution in [-0.2, 0) is 11.2 Å². The molecule has 0 aliphatic rings. The molecule has 30 heavy (non-hydrogen) atoms. The zero-order chi connectivity index (χ0) is 20.9. The topological polar surface area (TPSA) is 73.2 Å². The molecule has 0 unspecified atom stereocenters. The van der Waals surface area contributed by atoms with Gasteiger partial charge in [0.1, 0.15) is 11.4 Å². The van der Waals surface area contributed by atoms with Crippen LogP contribution in [-0.4, -0.2) is 22.6 Å². The molecule has 150 valence electrons. The highest BCUT2D eigenvalue weighted by Gasteiger charge is 2.14. The molecule has 3 aromatic carbocycles. The fraction of sp³-hybridized carbons (Fsp3) is 0.125.